The molecule has 3 fully saturated rings. The van der Waals surface area contributed by atoms with Crippen LogP contribution in [0.2, 0.25) is 0 Å². The van der Waals surface area contributed by atoms with Crippen LogP contribution in [0.3, 0.4) is 0 Å². The average Bonchev–Trinajstić information content (AvgIpc) is 3.34. The van der Waals surface area contributed by atoms with Gasteiger partial charge in [-0.2, -0.15) is 0 Å². The highest BCUT2D eigenvalue weighted by molar-refractivity contribution is 8.93. The van der Waals surface area contributed by atoms with Gasteiger partial charge in [0.1, 0.15) is 30.8 Å². The van der Waals surface area contributed by atoms with Crippen molar-refractivity contribution in [2.45, 2.75) is 56.1 Å². The van der Waals surface area contributed by atoms with Crippen LogP contribution in [0.5, 0.6) is 0 Å². The number of carbonyl (C=O) groups is 2. The lowest BCUT2D eigenvalue weighted by molar-refractivity contribution is -0.158. The highest BCUT2D eigenvalue weighted by atomic mass is 79.9. The van der Waals surface area contributed by atoms with Gasteiger partial charge >= 0.3 is 11.9 Å². The van der Waals surface area contributed by atoms with Gasteiger partial charge in [0.2, 0.25) is 0 Å². The Morgan fingerprint density at radius 2 is 1.81 bits per heavy atom. The van der Waals surface area contributed by atoms with E-state index in [1.807, 2.05) is 30.3 Å². The lowest BCUT2D eigenvalue weighted by Gasteiger charge is -2.38. The van der Waals surface area contributed by atoms with Crippen molar-refractivity contribution in [3.05, 3.63) is 35.9 Å². The lowest BCUT2D eigenvalue weighted by atomic mass is 9.97. The number of fused-ring (bicyclic) bond motifs is 5. The Kier molecular flexibility index (Phi) is 5.69. The van der Waals surface area contributed by atoms with E-state index in [-0.39, 0.29) is 35.7 Å². The second kappa shape index (κ2) is 7.66. The molecule has 4 rings (SSSR count). The molecule has 0 saturated carbocycles. The van der Waals surface area contributed by atoms with Gasteiger partial charge in [-0.25, -0.2) is 0 Å². The number of benzene rings is 1. The third-order valence-electron chi connectivity index (χ3n) is 5.60. The SMILES string of the molecule is Br.CC(=O)OC[C@@H](C(=O)OC1C[C@@H]2[C@H]3O[C@H]3[C@H](C1)N2C)c1ccccc1. The molecular weight excluding hydrogens is 402 g/mol. The van der Waals surface area contributed by atoms with Crippen molar-refractivity contribution >= 4 is 28.9 Å². The van der Waals surface area contributed by atoms with Gasteiger partial charge in [-0.05, 0) is 12.6 Å². The Morgan fingerprint density at radius 3 is 2.38 bits per heavy atom. The molecule has 0 N–H and O–H groups in total. The van der Waals surface area contributed by atoms with E-state index in [4.69, 9.17) is 14.2 Å². The molecule has 3 aliphatic heterocycles. The number of piperidine rings is 1. The van der Waals surface area contributed by atoms with E-state index in [0.29, 0.717) is 24.3 Å². The fraction of sp³-hybridized carbons (Fsp3) is 0.579. The summed E-state index contributed by atoms with van der Waals surface area (Å²) in [5, 5.41) is 0. The zero-order valence-electron chi connectivity index (χ0n) is 14.9. The minimum Gasteiger partial charge on any atom is -0.465 e. The normalized spacial score (nSPS) is 32.8. The summed E-state index contributed by atoms with van der Waals surface area (Å²) in [6, 6.07) is 10.0. The number of hydrogen-bond donors (Lipinski definition) is 0. The fourth-order valence-corrected chi connectivity index (χ4v) is 4.23. The molecule has 1 aromatic carbocycles. The van der Waals surface area contributed by atoms with Gasteiger partial charge in [0.25, 0.3) is 0 Å². The van der Waals surface area contributed by atoms with Gasteiger partial charge in [0, 0.05) is 31.8 Å². The number of halogens is 1. The number of rotatable bonds is 5. The number of ether oxygens (including phenoxy) is 3. The standard InChI is InChI=1S/C19H23NO5.BrH/c1-11(21)23-10-14(12-6-4-3-5-7-12)19(22)24-13-8-15-17-18(25-17)16(9-13)20(15)2;/h3-7,13-18H,8-10H2,1-2H3;1H/t13?,14-,15-,16+,17-,18+;/m1./s1. The summed E-state index contributed by atoms with van der Waals surface area (Å²) in [5.41, 5.74) is 0.802. The third kappa shape index (κ3) is 3.66. The van der Waals surface area contributed by atoms with Crippen LogP contribution < -0.4 is 0 Å². The minimum absolute atomic E-state index is 0. The zero-order valence-corrected chi connectivity index (χ0v) is 16.6. The Labute approximate surface area is 163 Å². The highest BCUT2D eigenvalue weighted by Gasteiger charge is 2.62. The van der Waals surface area contributed by atoms with Crippen molar-refractivity contribution in [2.24, 2.45) is 0 Å². The van der Waals surface area contributed by atoms with Gasteiger partial charge in [-0.15, -0.1) is 17.0 Å². The molecule has 1 aromatic rings. The second-order valence-corrected chi connectivity index (χ2v) is 7.16. The summed E-state index contributed by atoms with van der Waals surface area (Å²) in [6.07, 6.45) is 2.12. The first-order valence-corrected chi connectivity index (χ1v) is 8.81. The van der Waals surface area contributed by atoms with Crippen LogP contribution in [0.25, 0.3) is 0 Å². The predicted molar refractivity (Wildman–Crippen MR) is 99.3 cm³/mol. The lowest BCUT2D eigenvalue weighted by Crippen LogP contribution is -2.48. The van der Waals surface area contributed by atoms with Gasteiger partial charge in [-0.1, -0.05) is 30.3 Å². The van der Waals surface area contributed by atoms with Crippen LogP contribution in [-0.4, -0.2) is 60.9 Å². The molecule has 3 heterocycles. The van der Waals surface area contributed by atoms with Gasteiger partial charge < -0.3 is 14.2 Å². The maximum Gasteiger partial charge on any atom is 0.317 e. The van der Waals surface area contributed by atoms with E-state index in [1.165, 1.54) is 6.92 Å². The summed E-state index contributed by atoms with van der Waals surface area (Å²) < 4.78 is 16.6. The number of carbonyl (C=O) groups excluding carboxylic acids is 2. The highest BCUT2D eigenvalue weighted by Crippen LogP contribution is 2.48. The summed E-state index contributed by atoms with van der Waals surface area (Å²) in [7, 11) is 2.12. The fourth-order valence-electron chi connectivity index (χ4n) is 4.23. The molecule has 3 aliphatic rings. The van der Waals surface area contributed by atoms with E-state index in [9.17, 15) is 9.59 Å². The number of hydrogen-bond acceptors (Lipinski definition) is 6. The van der Waals surface area contributed by atoms with E-state index < -0.39 is 11.9 Å². The molecule has 0 radical (unpaired) electrons. The average molecular weight is 426 g/mol. The molecular formula is C19H24BrNO5. The first-order valence-electron chi connectivity index (χ1n) is 8.81. The molecule has 26 heavy (non-hydrogen) atoms. The van der Waals surface area contributed by atoms with Gasteiger partial charge in [0.15, 0.2) is 0 Å². The molecule has 142 valence electrons. The van der Waals surface area contributed by atoms with Crippen molar-refractivity contribution in [1.82, 2.24) is 4.90 Å². The number of esters is 2. The summed E-state index contributed by atoms with van der Waals surface area (Å²) in [6.45, 7) is 1.35. The number of likely N-dealkylation sites (N-methyl/N-ethyl adjacent to an activating group) is 1. The predicted octanol–water partition coefficient (Wildman–Crippen LogP) is 2.07. The van der Waals surface area contributed by atoms with Gasteiger partial charge in [0.05, 0.1) is 0 Å². The Morgan fingerprint density at radius 1 is 1.19 bits per heavy atom. The number of nitrogens with zero attached hydrogens (tertiary/aromatic N) is 1. The molecule has 2 bridgehead atoms. The van der Waals surface area contributed by atoms with E-state index in [1.54, 1.807) is 0 Å². The Hall–Kier alpha value is -1.44. The van der Waals surface area contributed by atoms with Crippen LogP contribution in [0, 0.1) is 0 Å². The van der Waals surface area contributed by atoms with Crippen molar-refractivity contribution in [3.63, 3.8) is 0 Å². The van der Waals surface area contributed by atoms with E-state index in [0.717, 1.165) is 18.4 Å². The summed E-state index contributed by atoms with van der Waals surface area (Å²) in [4.78, 5) is 26.3. The minimum atomic E-state index is -0.590. The number of epoxide rings is 1. The molecule has 0 spiro atoms. The first-order chi connectivity index (χ1) is 12.0. The zero-order chi connectivity index (χ0) is 17.6. The molecule has 0 aliphatic carbocycles. The molecule has 6 atom stereocenters. The van der Waals surface area contributed by atoms with Gasteiger partial charge in [-0.3, -0.25) is 14.5 Å². The van der Waals surface area contributed by atoms with Crippen LogP contribution in [0.15, 0.2) is 30.3 Å². The maximum atomic E-state index is 12.8. The molecule has 1 unspecified atom stereocenters. The van der Waals surface area contributed by atoms with Crippen molar-refractivity contribution < 1.29 is 23.8 Å². The van der Waals surface area contributed by atoms with Crippen LogP contribution >= 0.6 is 17.0 Å². The second-order valence-electron chi connectivity index (χ2n) is 7.16. The molecule has 3 saturated heterocycles. The molecule has 6 nitrogen and oxygen atoms in total. The Balaban J connectivity index is 0.00000196. The third-order valence-corrected chi connectivity index (χ3v) is 5.60. The van der Waals surface area contributed by atoms with Crippen molar-refractivity contribution in [2.75, 3.05) is 13.7 Å². The van der Waals surface area contributed by atoms with Crippen molar-refractivity contribution in [1.29, 1.82) is 0 Å². The van der Waals surface area contributed by atoms with E-state index >= 15 is 0 Å². The summed E-state index contributed by atoms with van der Waals surface area (Å²) >= 11 is 0. The molecule has 0 amide bonds. The largest absolute Gasteiger partial charge is 0.465 e. The smallest absolute Gasteiger partial charge is 0.317 e. The quantitative estimate of drug-likeness (QED) is 0.531. The van der Waals surface area contributed by atoms with Crippen LogP contribution in [-0.2, 0) is 23.8 Å². The topological polar surface area (TPSA) is 68.4 Å². The molecule has 7 heteroatoms. The first kappa shape index (κ1) is 19.3. The van der Waals surface area contributed by atoms with E-state index in [2.05, 4.69) is 11.9 Å². The number of morpholine rings is 1. The Bertz CT molecular complexity index is 651. The monoisotopic (exact) mass is 425 g/mol. The van der Waals surface area contributed by atoms with Crippen LogP contribution in [0.4, 0.5) is 0 Å². The summed E-state index contributed by atoms with van der Waals surface area (Å²) in [5.74, 6) is -1.31. The van der Waals surface area contributed by atoms with Crippen LogP contribution in [0.1, 0.15) is 31.2 Å². The maximum absolute atomic E-state index is 12.8. The molecule has 0 aromatic heterocycles. The van der Waals surface area contributed by atoms with Crippen molar-refractivity contribution in [3.8, 4) is 0 Å².